The second kappa shape index (κ2) is 8.20. The van der Waals surface area contributed by atoms with E-state index in [0.29, 0.717) is 0 Å². The van der Waals surface area contributed by atoms with Gasteiger partial charge < -0.3 is 10.2 Å². The summed E-state index contributed by atoms with van der Waals surface area (Å²) in [6, 6.07) is 2.18. The average Bonchev–Trinajstić information content (AvgIpc) is 2.33. The molecule has 0 spiro atoms. The highest BCUT2D eigenvalue weighted by molar-refractivity contribution is 5.16. The molecule has 0 aliphatic rings. The van der Waals surface area contributed by atoms with E-state index >= 15 is 0 Å². The second-order valence-electron chi connectivity index (χ2n) is 4.48. The zero-order valence-corrected chi connectivity index (χ0v) is 11.4. The van der Waals surface area contributed by atoms with Gasteiger partial charge in [-0.05, 0) is 37.6 Å². The molecule has 0 saturated carbocycles. The molecule has 0 amide bonds. The predicted molar refractivity (Wildman–Crippen MR) is 73.1 cm³/mol. The van der Waals surface area contributed by atoms with E-state index in [1.807, 2.05) is 12.4 Å². The molecule has 0 radical (unpaired) electrons. The summed E-state index contributed by atoms with van der Waals surface area (Å²) in [5.74, 6) is 0. The second-order valence-corrected chi connectivity index (χ2v) is 4.48. The lowest BCUT2D eigenvalue weighted by Crippen LogP contribution is -2.32. The minimum absolute atomic E-state index is 0.915. The van der Waals surface area contributed by atoms with E-state index in [1.165, 1.54) is 24.1 Å². The molecule has 3 nitrogen and oxygen atoms in total. The minimum atomic E-state index is 0.915. The number of aryl methyl sites for hydroxylation is 1. The van der Waals surface area contributed by atoms with Crippen LogP contribution in [-0.4, -0.2) is 36.1 Å². The Morgan fingerprint density at radius 1 is 1.24 bits per heavy atom. The van der Waals surface area contributed by atoms with E-state index in [4.69, 9.17) is 0 Å². The number of nitrogens with zero attached hydrogens (tertiary/aromatic N) is 2. The Kier molecular flexibility index (Phi) is 6.82. The molecule has 0 saturated heterocycles. The van der Waals surface area contributed by atoms with Crippen molar-refractivity contribution in [1.82, 2.24) is 15.2 Å². The molecule has 1 heterocycles. The Hall–Kier alpha value is -0.930. The molecule has 0 aliphatic carbocycles. The standard InChI is InChI=1S/C14H25N3/c1-4-7-17(5-2)8-6-15-11-14-9-13(3)10-16-12-14/h9-10,12,15H,4-8,11H2,1-3H3. The number of nitrogens with one attached hydrogen (secondary N) is 1. The first-order valence-electron chi connectivity index (χ1n) is 6.59. The summed E-state index contributed by atoms with van der Waals surface area (Å²) in [6.45, 7) is 12.0. The summed E-state index contributed by atoms with van der Waals surface area (Å²) in [5, 5.41) is 3.47. The van der Waals surface area contributed by atoms with Crippen LogP contribution >= 0.6 is 0 Å². The number of aromatic nitrogens is 1. The van der Waals surface area contributed by atoms with E-state index in [9.17, 15) is 0 Å². The molecule has 0 aromatic carbocycles. The number of rotatable bonds is 8. The van der Waals surface area contributed by atoms with Crippen LogP contribution in [0.2, 0.25) is 0 Å². The molecule has 1 aromatic rings. The molecule has 1 N–H and O–H groups in total. The highest BCUT2D eigenvalue weighted by Gasteiger charge is 1.99. The van der Waals surface area contributed by atoms with Gasteiger partial charge in [-0.25, -0.2) is 0 Å². The molecule has 0 unspecified atom stereocenters. The third kappa shape index (κ3) is 5.80. The fourth-order valence-corrected chi connectivity index (χ4v) is 1.93. The van der Waals surface area contributed by atoms with Crippen LogP contribution < -0.4 is 5.32 Å². The molecular formula is C14H25N3. The maximum absolute atomic E-state index is 4.19. The maximum Gasteiger partial charge on any atom is 0.0313 e. The topological polar surface area (TPSA) is 28.2 Å². The lowest BCUT2D eigenvalue weighted by Gasteiger charge is -2.19. The summed E-state index contributed by atoms with van der Waals surface area (Å²) in [4.78, 5) is 6.67. The third-order valence-electron chi connectivity index (χ3n) is 2.85. The first kappa shape index (κ1) is 14.1. The van der Waals surface area contributed by atoms with E-state index in [0.717, 1.165) is 26.2 Å². The summed E-state index contributed by atoms with van der Waals surface area (Å²) in [5.41, 5.74) is 2.49. The largest absolute Gasteiger partial charge is 0.311 e. The van der Waals surface area contributed by atoms with Crippen molar-refractivity contribution in [2.45, 2.75) is 33.7 Å². The van der Waals surface area contributed by atoms with Crippen molar-refractivity contribution in [1.29, 1.82) is 0 Å². The van der Waals surface area contributed by atoms with Gasteiger partial charge in [-0.2, -0.15) is 0 Å². The van der Waals surface area contributed by atoms with E-state index in [1.54, 1.807) is 0 Å². The highest BCUT2D eigenvalue weighted by atomic mass is 15.1. The van der Waals surface area contributed by atoms with Gasteiger partial charge in [-0.3, -0.25) is 4.98 Å². The molecule has 1 aromatic heterocycles. The predicted octanol–water partition coefficient (Wildman–Crippen LogP) is 2.21. The molecule has 0 fully saturated rings. The minimum Gasteiger partial charge on any atom is -0.311 e. The first-order valence-corrected chi connectivity index (χ1v) is 6.59. The lowest BCUT2D eigenvalue weighted by atomic mass is 10.2. The third-order valence-corrected chi connectivity index (χ3v) is 2.85. The summed E-state index contributed by atoms with van der Waals surface area (Å²) in [6.07, 6.45) is 5.06. The van der Waals surface area contributed by atoms with Crippen LogP contribution in [0, 0.1) is 6.92 Å². The van der Waals surface area contributed by atoms with E-state index < -0.39 is 0 Å². The maximum atomic E-state index is 4.19. The Morgan fingerprint density at radius 2 is 2.06 bits per heavy atom. The molecule has 3 heteroatoms. The van der Waals surface area contributed by atoms with Crippen molar-refractivity contribution in [3.05, 3.63) is 29.6 Å². The van der Waals surface area contributed by atoms with Crippen molar-refractivity contribution >= 4 is 0 Å². The van der Waals surface area contributed by atoms with Gasteiger partial charge in [-0.1, -0.05) is 19.9 Å². The van der Waals surface area contributed by atoms with Crippen molar-refractivity contribution in [3.8, 4) is 0 Å². The van der Waals surface area contributed by atoms with Gasteiger partial charge in [0.25, 0.3) is 0 Å². The Labute approximate surface area is 105 Å². The van der Waals surface area contributed by atoms with Crippen LogP contribution in [0.25, 0.3) is 0 Å². The fraction of sp³-hybridized carbons (Fsp3) is 0.643. The van der Waals surface area contributed by atoms with Gasteiger partial charge in [0.1, 0.15) is 0 Å². The van der Waals surface area contributed by atoms with Gasteiger partial charge in [0, 0.05) is 32.0 Å². The Balaban J connectivity index is 2.19. The van der Waals surface area contributed by atoms with E-state index in [2.05, 4.69) is 42.0 Å². The molecule has 96 valence electrons. The van der Waals surface area contributed by atoms with Crippen LogP contribution in [0.1, 0.15) is 31.4 Å². The van der Waals surface area contributed by atoms with Crippen LogP contribution in [0.4, 0.5) is 0 Å². The summed E-state index contributed by atoms with van der Waals surface area (Å²) < 4.78 is 0. The summed E-state index contributed by atoms with van der Waals surface area (Å²) >= 11 is 0. The SMILES string of the molecule is CCCN(CC)CCNCc1cncc(C)c1. The first-order chi connectivity index (χ1) is 8.26. The Morgan fingerprint density at radius 3 is 2.71 bits per heavy atom. The quantitative estimate of drug-likeness (QED) is 0.700. The van der Waals surface area contributed by atoms with Crippen molar-refractivity contribution in [3.63, 3.8) is 0 Å². The van der Waals surface area contributed by atoms with Gasteiger partial charge in [0.05, 0.1) is 0 Å². The average molecular weight is 235 g/mol. The molecule has 0 bridgehead atoms. The van der Waals surface area contributed by atoms with Gasteiger partial charge in [0.2, 0.25) is 0 Å². The van der Waals surface area contributed by atoms with Gasteiger partial charge in [-0.15, -0.1) is 0 Å². The molecule has 1 rings (SSSR count). The van der Waals surface area contributed by atoms with Gasteiger partial charge >= 0.3 is 0 Å². The van der Waals surface area contributed by atoms with Crippen molar-refractivity contribution in [2.75, 3.05) is 26.2 Å². The molecule has 0 aliphatic heterocycles. The molecular weight excluding hydrogens is 210 g/mol. The molecule has 0 atom stereocenters. The number of pyridine rings is 1. The summed E-state index contributed by atoms with van der Waals surface area (Å²) in [7, 11) is 0. The highest BCUT2D eigenvalue weighted by Crippen LogP contribution is 2.00. The van der Waals surface area contributed by atoms with Crippen LogP contribution in [0.5, 0.6) is 0 Å². The monoisotopic (exact) mass is 235 g/mol. The van der Waals surface area contributed by atoms with E-state index in [-0.39, 0.29) is 0 Å². The fourth-order valence-electron chi connectivity index (χ4n) is 1.93. The number of hydrogen-bond acceptors (Lipinski definition) is 3. The zero-order chi connectivity index (χ0) is 12.5. The number of hydrogen-bond donors (Lipinski definition) is 1. The van der Waals surface area contributed by atoms with Gasteiger partial charge in [0.15, 0.2) is 0 Å². The van der Waals surface area contributed by atoms with Crippen molar-refractivity contribution < 1.29 is 0 Å². The lowest BCUT2D eigenvalue weighted by molar-refractivity contribution is 0.287. The zero-order valence-electron chi connectivity index (χ0n) is 11.4. The van der Waals surface area contributed by atoms with Crippen LogP contribution in [0.3, 0.4) is 0 Å². The van der Waals surface area contributed by atoms with Crippen molar-refractivity contribution in [2.24, 2.45) is 0 Å². The normalized spacial score (nSPS) is 11.1. The smallest absolute Gasteiger partial charge is 0.0313 e. The number of likely N-dealkylation sites (N-methyl/N-ethyl adjacent to an activating group) is 1. The van der Waals surface area contributed by atoms with Crippen LogP contribution in [-0.2, 0) is 6.54 Å². The molecule has 17 heavy (non-hydrogen) atoms. The Bertz CT molecular complexity index is 312. The van der Waals surface area contributed by atoms with Crippen LogP contribution in [0.15, 0.2) is 18.5 Å².